The van der Waals surface area contributed by atoms with Crippen molar-refractivity contribution in [2.45, 2.75) is 19.8 Å². The smallest absolute Gasteiger partial charge is 0.310 e. The summed E-state index contributed by atoms with van der Waals surface area (Å²) in [4.78, 5) is 11.6. The highest BCUT2D eigenvalue weighted by Crippen LogP contribution is 2.09. The van der Waals surface area contributed by atoms with Crippen LogP contribution in [0, 0.1) is 5.92 Å². The lowest BCUT2D eigenvalue weighted by atomic mass is 10.0. The molecule has 0 spiro atoms. The fourth-order valence-electron chi connectivity index (χ4n) is 1.62. The highest BCUT2D eigenvalue weighted by atomic mass is 16.6. The van der Waals surface area contributed by atoms with Crippen molar-refractivity contribution >= 4 is 5.97 Å². The molecule has 18 heavy (non-hydrogen) atoms. The van der Waals surface area contributed by atoms with E-state index in [2.05, 4.69) is 0 Å². The maximum Gasteiger partial charge on any atom is 0.310 e. The van der Waals surface area contributed by atoms with E-state index in [1.165, 1.54) is 0 Å². The molecule has 100 valence electrons. The van der Waals surface area contributed by atoms with Gasteiger partial charge in [-0.15, -0.1) is 0 Å². The zero-order valence-electron chi connectivity index (χ0n) is 10.8. The Balaban J connectivity index is 2.19. The first-order valence-corrected chi connectivity index (χ1v) is 6.32. The molecular weight excluding hydrogens is 230 g/mol. The number of carbonyl (C=O) groups excluding carboxylic acids is 1. The first-order valence-electron chi connectivity index (χ1n) is 6.32. The topological polar surface area (TPSA) is 61.6 Å². The van der Waals surface area contributed by atoms with Gasteiger partial charge in [-0.2, -0.15) is 0 Å². The third-order valence-electron chi connectivity index (χ3n) is 2.59. The Bertz CT molecular complexity index is 340. The molecule has 0 fully saturated rings. The van der Waals surface area contributed by atoms with Gasteiger partial charge < -0.3 is 15.2 Å². The largest absolute Gasteiger partial charge is 0.490 e. The molecule has 1 aromatic rings. The molecule has 1 rings (SSSR count). The van der Waals surface area contributed by atoms with Crippen LogP contribution >= 0.6 is 0 Å². The zero-order valence-corrected chi connectivity index (χ0v) is 10.8. The first-order chi connectivity index (χ1) is 8.77. The molecule has 4 heteroatoms. The van der Waals surface area contributed by atoms with Crippen molar-refractivity contribution in [2.24, 2.45) is 11.7 Å². The standard InChI is InChI=1S/C14H21NO3/c1-2-6-12(11-15)14(16)18-10-9-17-13-7-4-3-5-8-13/h3-5,7-8,12H,2,6,9-11,15H2,1H3. The van der Waals surface area contributed by atoms with Crippen molar-refractivity contribution in [3.05, 3.63) is 30.3 Å². The van der Waals surface area contributed by atoms with E-state index in [4.69, 9.17) is 15.2 Å². The summed E-state index contributed by atoms with van der Waals surface area (Å²) in [6.07, 6.45) is 1.70. The summed E-state index contributed by atoms with van der Waals surface area (Å²) < 4.78 is 10.5. The predicted molar refractivity (Wildman–Crippen MR) is 70.3 cm³/mol. The normalized spacial score (nSPS) is 11.9. The highest BCUT2D eigenvalue weighted by molar-refractivity contribution is 5.72. The number of para-hydroxylation sites is 1. The molecule has 0 bridgehead atoms. The maximum absolute atomic E-state index is 11.6. The molecule has 1 atom stereocenters. The van der Waals surface area contributed by atoms with Gasteiger partial charge in [-0.05, 0) is 18.6 Å². The Labute approximate surface area is 108 Å². The van der Waals surface area contributed by atoms with Gasteiger partial charge in [0.1, 0.15) is 19.0 Å². The number of benzene rings is 1. The molecular formula is C14H21NO3. The summed E-state index contributed by atoms with van der Waals surface area (Å²) in [5.74, 6) is 0.361. The van der Waals surface area contributed by atoms with Gasteiger partial charge in [0.05, 0.1) is 5.92 Å². The van der Waals surface area contributed by atoms with Gasteiger partial charge >= 0.3 is 5.97 Å². The van der Waals surface area contributed by atoms with Crippen molar-refractivity contribution < 1.29 is 14.3 Å². The molecule has 0 aliphatic rings. The summed E-state index contributed by atoms with van der Waals surface area (Å²) in [5, 5.41) is 0. The lowest BCUT2D eigenvalue weighted by molar-refractivity contribution is -0.149. The van der Waals surface area contributed by atoms with E-state index in [0.29, 0.717) is 13.2 Å². The fourth-order valence-corrected chi connectivity index (χ4v) is 1.62. The number of carbonyl (C=O) groups is 1. The molecule has 0 heterocycles. The minimum atomic E-state index is -0.226. The second-order valence-electron chi connectivity index (χ2n) is 4.05. The molecule has 0 saturated heterocycles. The third-order valence-corrected chi connectivity index (χ3v) is 2.59. The Morgan fingerprint density at radius 1 is 1.28 bits per heavy atom. The molecule has 0 aromatic heterocycles. The highest BCUT2D eigenvalue weighted by Gasteiger charge is 2.16. The average Bonchev–Trinajstić information content (AvgIpc) is 2.42. The number of esters is 1. The van der Waals surface area contributed by atoms with Gasteiger partial charge in [0.15, 0.2) is 0 Å². The van der Waals surface area contributed by atoms with Crippen LogP contribution in [0.2, 0.25) is 0 Å². The van der Waals surface area contributed by atoms with Gasteiger partial charge in [-0.25, -0.2) is 0 Å². The third kappa shape index (κ3) is 5.19. The Hall–Kier alpha value is -1.55. The molecule has 2 N–H and O–H groups in total. The van der Waals surface area contributed by atoms with Crippen LogP contribution in [-0.2, 0) is 9.53 Å². The van der Waals surface area contributed by atoms with Crippen molar-refractivity contribution in [3.63, 3.8) is 0 Å². The second kappa shape index (κ2) is 8.53. The molecule has 0 aliphatic carbocycles. The first kappa shape index (κ1) is 14.5. The molecule has 0 aliphatic heterocycles. The quantitative estimate of drug-likeness (QED) is 0.567. The second-order valence-corrected chi connectivity index (χ2v) is 4.05. The number of hydrogen-bond donors (Lipinski definition) is 1. The Kier molecular flexibility index (Phi) is 6.87. The number of hydrogen-bond acceptors (Lipinski definition) is 4. The Morgan fingerprint density at radius 3 is 2.61 bits per heavy atom. The summed E-state index contributed by atoms with van der Waals surface area (Å²) in [7, 11) is 0. The Morgan fingerprint density at radius 2 is 2.00 bits per heavy atom. The monoisotopic (exact) mass is 251 g/mol. The minimum Gasteiger partial charge on any atom is -0.490 e. The molecule has 1 unspecified atom stereocenters. The van der Waals surface area contributed by atoms with Crippen molar-refractivity contribution in [3.8, 4) is 5.75 Å². The van der Waals surface area contributed by atoms with Gasteiger partial charge in [-0.1, -0.05) is 31.5 Å². The lowest BCUT2D eigenvalue weighted by Gasteiger charge is -2.13. The van der Waals surface area contributed by atoms with E-state index >= 15 is 0 Å². The van der Waals surface area contributed by atoms with E-state index in [0.717, 1.165) is 18.6 Å². The van der Waals surface area contributed by atoms with Crippen LogP contribution in [0.4, 0.5) is 0 Å². The number of rotatable bonds is 8. The summed E-state index contributed by atoms with van der Waals surface area (Å²) in [5.41, 5.74) is 5.52. The van der Waals surface area contributed by atoms with Crippen LogP contribution in [0.15, 0.2) is 30.3 Å². The SMILES string of the molecule is CCCC(CN)C(=O)OCCOc1ccccc1. The van der Waals surface area contributed by atoms with Gasteiger partial charge in [0.25, 0.3) is 0 Å². The molecule has 0 amide bonds. The molecule has 0 saturated carbocycles. The minimum absolute atomic E-state index is 0.188. The van der Waals surface area contributed by atoms with E-state index in [-0.39, 0.29) is 18.5 Å². The van der Waals surface area contributed by atoms with Crippen LogP contribution in [-0.4, -0.2) is 25.7 Å². The van der Waals surface area contributed by atoms with Crippen LogP contribution < -0.4 is 10.5 Å². The summed E-state index contributed by atoms with van der Waals surface area (Å²) in [6.45, 7) is 2.98. The lowest BCUT2D eigenvalue weighted by Crippen LogP contribution is -2.26. The van der Waals surface area contributed by atoms with E-state index in [9.17, 15) is 4.79 Å². The van der Waals surface area contributed by atoms with Gasteiger partial charge in [0, 0.05) is 6.54 Å². The van der Waals surface area contributed by atoms with Gasteiger partial charge in [-0.3, -0.25) is 4.79 Å². The van der Waals surface area contributed by atoms with Crippen molar-refractivity contribution in [1.29, 1.82) is 0 Å². The van der Waals surface area contributed by atoms with Crippen molar-refractivity contribution in [1.82, 2.24) is 0 Å². The molecule has 4 nitrogen and oxygen atoms in total. The summed E-state index contributed by atoms with van der Waals surface area (Å²) >= 11 is 0. The number of ether oxygens (including phenoxy) is 2. The molecule has 0 radical (unpaired) electrons. The number of nitrogens with two attached hydrogens (primary N) is 1. The van der Waals surface area contributed by atoms with Gasteiger partial charge in [0.2, 0.25) is 0 Å². The van der Waals surface area contributed by atoms with E-state index in [1.54, 1.807) is 0 Å². The predicted octanol–water partition coefficient (Wildman–Crippen LogP) is 1.98. The van der Waals surface area contributed by atoms with Crippen LogP contribution in [0.5, 0.6) is 5.75 Å². The fraction of sp³-hybridized carbons (Fsp3) is 0.500. The average molecular weight is 251 g/mol. The van der Waals surface area contributed by atoms with Crippen LogP contribution in [0.3, 0.4) is 0 Å². The molecule has 1 aromatic carbocycles. The van der Waals surface area contributed by atoms with Crippen LogP contribution in [0.1, 0.15) is 19.8 Å². The van der Waals surface area contributed by atoms with Crippen LogP contribution in [0.25, 0.3) is 0 Å². The summed E-state index contributed by atoms with van der Waals surface area (Å²) in [6, 6.07) is 9.44. The van der Waals surface area contributed by atoms with E-state index < -0.39 is 0 Å². The van der Waals surface area contributed by atoms with E-state index in [1.807, 2.05) is 37.3 Å². The maximum atomic E-state index is 11.6. The zero-order chi connectivity index (χ0) is 13.2. The van der Waals surface area contributed by atoms with Crippen molar-refractivity contribution in [2.75, 3.05) is 19.8 Å².